The molecule has 0 aromatic carbocycles. The molecule has 0 aliphatic carbocycles. The number of hydrogen-bond donors (Lipinski definition) is 0. The van der Waals surface area contributed by atoms with Crippen molar-refractivity contribution in [1.82, 2.24) is 9.80 Å². The van der Waals surface area contributed by atoms with Crippen LogP contribution >= 0.6 is 0 Å². The van der Waals surface area contributed by atoms with E-state index < -0.39 is 5.72 Å². The van der Waals surface area contributed by atoms with Gasteiger partial charge >= 0.3 is 5.97 Å². The van der Waals surface area contributed by atoms with Crippen molar-refractivity contribution in [1.29, 1.82) is 0 Å². The highest BCUT2D eigenvalue weighted by molar-refractivity contribution is 5.66. The maximum atomic E-state index is 11.0. The van der Waals surface area contributed by atoms with Crippen molar-refractivity contribution in [3.05, 3.63) is 24.8 Å². The zero-order valence-corrected chi connectivity index (χ0v) is 9.73. The summed E-state index contributed by atoms with van der Waals surface area (Å²) in [5.41, 5.74) is -0.597. The standard InChI is InChI=1S/C11H18N2O2/c1-5-11(3,15-10(2)14)13-8-6-12(4)7-9-13/h6-9H,5H2,1-4H3. The van der Waals surface area contributed by atoms with E-state index in [0.717, 1.165) is 6.42 Å². The molecule has 84 valence electrons. The second-order valence-electron chi connectivity index (χ2n) is 3.79. The van der Waals surface area contributed by atoms with Crippen molar-refractivity contribution in [2.45, 2.75) is 32.9 Å². The number of rotatable bonds is 3. The molecule has 0 amide bonds. The Bertz CT molecular complexity index is 285. The zero-order chi connectivity index (χ0) is 11.5. The van der Waals surface area contributed by atoms with Crippen molar-refractivity contribution >= 4 is 5.97 Å². The van der Waals surface area contributed by atoms with E-state index in [1.54, 1.807) is 0 Å². The maximum Gasteiger partial charge on any atom is 0.304 e. The molecule has 1 unspecified atom stereocenters. The van der Waals surface area contributed by atoms with Crippen molar-refractivity contribution in [2.75, 3.05) is 7.05 Å². The first kappa shape index (κ1) is 11.6. The van der Waals surface area contributed by atoms with Crippen LogP contribution in [-0.4, -0.2) is 28.5 Å². The van der Waals surface area contributed by atoms with E-state index in [4.69, 9.17) is 4.74 Å². The fourth-order valence-electron chi connectivity index (χ4n) is 1.39. The van der Waals surface area contributed by atoms with E-state index in [1.807, 2.05) is 55.5 Å². The van der Waals surface area contributed by atoms with Crippen molar-refractivity contribution in [3.63, 3.8) is 0 Å². The largest absolute Gasteiger partial charge is 0.439 e. The minimum atomic E-state index is -0.597. The minimum Gasteiger partial charge on any atom is -0.439 e. The summed E-state index contributed by atoms with van der Waals surface area (Å²) in [6.45, 7) is 5.31. The van der Waals surface area contributed by atoms with E-state index in [2.05, 4.69) is 0 Å². The van der Waals surface area contributed by atoms with Gasteiger partial charge in [0.25, 0.3) is 0 Å². The summed E-state index contributed by atoms with van der Waals surface area (Å²) in [5.74, 6) is -0.264. The first-order valence-corrected chi connectivity index (χ1v) is 5.04. The molecule has 15 heavy (non-hydrogen) atoms. The first-order chi connectivity index (χ1) is 6.98. The molecular weight excluding hydrogens is 192 g/mol. The van der Waals surface area contributed by atoms with Crippen LogP contribution in [-0.2, 0) is 9.53 Å². The number of ether oxygens (including phenoxy) is 1. The Balaban J connectivity index is 2.78. The molecule has 0 saturated carbocycles. The van der Waals surface area contributed by atoms with Gasteiger partial charge in [0.1, 0.15) is 0 Å². The molecule has 1 aliphatic rings. The van der Waals surface area contributed by atoms with Gasteiger partial charge in [0.2, 0.25) is 0 Å². The van der Waals surface area contributed by atoms with Gasteiger partial charge in [-0.25, -0.2) is 0 Å². The van der Waals surface area contributed by atoms with Crippen LogP contribution in [0.15, 0.2) is 24.8 Å². The lowest BCUT2D eigenvalue weighted by Crippen LogP contribution is -2.44. The molecule has 0 bridgehead atoms. The van der Waals surface area contributed by atoms with Crippen molar-refractivity contribution in [3.8, 4) is 0 Å². The van der Waals surface area contributed by atoms with Gasteiger partial charge in [-0.15, -0.1) is 0 Å². The molecule has 1 aliphatic heterocycles. The summed E-state index contributed by atoms with van der Waals surface area (Å²) in [6, 6.07) is 0. The highest BCUT2D eigenvalue weighted by Gasteiger charge is 2.30. The molecule has 0 fully saturated rings. The van der Waals surface area contributed by atoms with Gasteiger partial charge in [-0.1, -0.05) is 6.92 Å². The van der Waals surface area contributed by atoms with E-state index in [0.29, 0.717) is 0 Å². The number of hydrogen-bond acceptors (Lipinski definition) is 4. The van der Waals surface area contributed by atoms with Gasteiger partial charge in [-0.3, -0.25) is 4.79 Å². The third-order valence-corrected chi connectivity index (χ3v) is 2.49. The van der Waals surface area contributed by atoms with Crippen LogP contribution in [0, 0.1) is 0 Å². The molecule has 0 radical (unpaired) electrons. The van der Waals surface area contributed by atoms with Gasteiger partial charge in [-0.05, 0) is 6.92 Å². The quantitative estimate of drug-likeness (QED) is 0.666. The average molecular weight is 210 g/mol. The topological polar surface area (TPSA) is 32.8 Å². The molecule has 1 rings (SSSR count). The molecule has 0 saturated heterocycles. The van der Waals surface area contributed by atoms with Gasteiger partial charge < -0.3 is 14.5 Å². The second kappa shape index (κ2) is 4.38. The predicted octanol–water partition coefficient (Wildman–Crippen LogP) is 1.87. The minimum absolute atomic E-state index is 0.264. The van der Waals surface area contributed by atoms with E-state index in [9.17, 15) is 4.79 Å². The van der Waals surface area contributed by atoms with E-state index >= 15 is 0 Å². The predicted molar refractivity (Wildman–Crippen MR) is 58.3 cm³/mol. The highest BCUT2D eigenvalue weighted by atomic mass is 16.6. The summed E-state index contributed by atoms with van der Waals surface area (Å²) in [4.78, 5) is 14.8. The SMILES string of the molecule is CCC(C)(OC(C)=O)N1C=CN(C)C=C1. The Morgan fingerprint density at radius 2 is 1.87 bits per heavy atom. The Hall–Kier alpha value is -1.45. The lowest BCUT2D eigenvalue weighted by atomic mass is 10.1. The number of carbonyl (C=O) groups is 1. The molecular formula is C11H18N2O2. The molecule has 0 N–H and O–H groups in total. The van der Waals surface area contributed by atoms with Crippen LogP contribution in [0.5, 0.6) is 0 Å². The van der Waals surface area contributed by atoms with Crippen molar-refractivity contribution in [2.24, 2.45) is 0 Å². The van der Waals surface area contributed by atoms with Crippen LogP contribution < -0.4 is 0 Å². The normalized spacial score (nSPS) is 18.9. The van der Waals surface area contributed by atoms with Gasteiger partial charge in [-0.2, -0.15) is 0 Å². The summed E-state index contributed by atoms with van der Waals surface area (Å²) < 4.78 is 5.33. The highest BCUT2D eigenvalue weighted by Crippen LogP contribution is 2.24. The third-order valence-electron chi connectivity index (χ3n) is 2.49. The fraction of sp³-hybridized carbons (Fsp3) is 0.545. The Morgan fingerprint density at radius 3 is 2.27 bits per heavy atom. The average Bonchev–Trinajstić information content (AvgIpc) is 2.17. The molecule has 0 spiro atoms. The molecule has 0 aromatic rings. The maximum absolute atomic E-state index is 11.0. The van der Waals surface area contributed by atoms with Crippen LogP contribution in [0.2, 0.25) is 0 Å². The summed E-state index contributed by atoms with van der Waals surface area (Å²) >= 11 is 0. The van der Waals surface area contributed by atoms with Gasteiger partial charge in [0.05, 0.1) is 0 Å². The van der Waals surface area contributed by atoms with Crippen LogP contribution in [0.4, 0.5) is 0 Å². The summed E-state index contributed by atoms with van der Waals surface area (Å²) in [7, 11) is 1.94. The zero-order valence-electron chi connectivity index (χ0n) is 9.73. The smallest absolute Gasteiger partial charge is 0.304 e. The van der Waals surface area contributed by atoms with Crippen LogP contribution in [0.25, 0.3) is 0 Å². The molecule has 4 nitrogen and oxygen atoms in total. The van der Waals surface area contributed by atoms with Crippen molar-refractivity contribution < 1.29 is 9.53 Å². The Kier molecular flexibility index (Phi) is 3.39. The Morgan fingerprint density at radius 1 is 1.33 bits per heavy atom. The second-order valence-corrected chi connectivity index (χ2v) is 3.79. The van der Waals surface area contributed by atoms with Gasteiger partial charge in [0, 0.05) is 45.2 Å². The monoisotopic (exact) mass is 210 g/mol. The summed E-state index contributed by atoms with van der Waals surface area (Å²) in [5, 5.41) is 0. The van der Waals surface area contributed by atoms with E-state index in [1.165, 1.54) is 6.92 Å². The summed E-state index contributed by atoms with van der Waals surface area (Å²) in [6.07, 6.45) is 8.35. The lowest BCUT2D eigenvalue weighted by Gasteiger charge is -2.38. The molecule has 4 heteroatoms. The molecule has 0 aromatic heterocycles. The number of carbonyl (C=O) groups excluding carboxylic acids is 1. The van der Waals surface area contributed by atoms with Gasteiger partial charge in [0.15, 0.2) is 5.72 Å². The number of esters is 1. The fourth-order valence-corrected chi connectivity index (χ4v) is 1.39. The molecule has 1 heterocycles. The third kappa shape index (κ3) is 2.75. The number of nitrogens with zero attached hydrogens (tertiary/aromatic N) is 2. The van der Waals surface area contributed by atoms with E-state index in [-0.39, 0.29) is 5.97 Å². The Labute approximate surface area is 90.8 Å². The van der Waals surface area contributed by atoms with Crippen LogP contribution in [0.1, 0.15) is 27.2 Å². The van der Waals surface area contributed by atoms with Crippen LogP contribution in [0.3, 0.4) is 0 Å². The lowest BCUT2D eigenvalue weighted by molar-refractivity contribution is -0.169. The first-order valence-electron chi connectivity index (χ1n) is 5.04. The molecule has 1 atom stereocenters.